The van der Waals surface area contributed by atoms with Gasteiger partial charge in [0.15, 0.2) is 0 Å². The molecule has 0 bridgehead atoms. The minimum absolute atomic E-state index is 0.00963. The van der Waals surface area contributed by atoms with Crippen molar-refractivity contribution in [2.45, 2.75) is 38.3 Å². The van der Waals surface area contributed by atoms with Gasteiger partial charge < -0.3 is 20.6 Å². The summed E-state index contributed by atoms with van der Waals surface area (Å²) in [6, 6.07) is 2.05. The predicted octanol–water partition coefficient (Wildman–Crippen LogP) is 3.45. The zero-order chi connectivity index (χ0) is 28.0. The van der Waals surface area contributed by atoms with Crippen molar-refractivity contribution in [1.29, 1.82) is 0 Å². The van der Waals surface area contributed by atoms with Crippen LogP contribution in [-0.4, -0.2) is 70.1 Å². The highest BCUT2D eigenvalue weighted by atomic mass is 32.1. The van der Waals surface area contributed by atoms with Crippen molar-refractivity contribution >= 4 is 41.0 Å². The van der Waals surface area contributed by atoms with E-state index < -0.39 is 12.1 Å². The van der Waals surface area contributed by atoms with Crippen LogP contribution >= 0.6 is 11.3 Å². The van der Waals surface area contributed by atoms with E-state index in [9.17, 15) is 22.8 Å². The van der Waals surface area contributed by atoms with Gasteiger partial charge in [0.25, 0.3) is 0 Å². The number of aliphatic carboxylic acids is 1. The lowest BCUT2D eigenvalue weighted by atomic mass is 9.71. The zero-order valence-corrected chi connectivity index (χ0v) is 21.8. The molecule has 2 amide bonds. The van der Waals surface area contributed by atoms with E-state index in [0.717, 1.165) is 61.5 Å². The minimum atomic E-state index is -5.08. The fourth-order valence-corrected chi connectivity index (χ4v) is 5.41. The molecule has 208 valence electrons. The van der Waals surface area contributed by atoms with Crippen LogP contribution in [0.5, 0.6) is 0 Å². The molecule has 0 radical (unpaired) electrons. The van der Waals surface area contributed by atoms with Crippen molar-refractivity contribution in [2.75, 3.05) is 31.5 Å². The van der Waals surface area contributed by atoms with Gasteiger partial charge in [-0.2, -0.15) is 13.2 Å². The predicted molar refractivity (Wildman–Crippen MR) is 139 cm³/mol. The second-order valence-electron chi connectivity index (χ2n) is 9.57. The first-order valence-electron chi connectivity index (χ1n) is 12.4. The molecule has 1 spiro atoms. The molecule has 13 heteroatoms. The molecule has 9 nitrogen and oxygen atoms in total. The van der Waals surface area contributed by atoms with Gasteiger partial charge in [-0.15, -0.1) is 11.3 Å². The van der Waals surface area contributed by atoms with Crippen molar-refractivity contribution in [2.24, 2.45) is 5.41 Å². The van der Waals surface area contributed by atoms with E-state index in [1.54, 1.807) is 23.6 Å². The number of nitrogens with zero attached hydrogens (tertiary/aromatic N) is 3. The maximum absolute atomic E-state index is 12.7. The molecule has 0 saturated carbocycles. The van der Waals surface area contributed by atoms with E-state index >= 15 is 0 Å². The van der Waals surface area contributed by atoms with Gasteiger partial charge >= 0.3 is 12.1 Å². The number of piperidine rings is 1. The molecule has 1 fully saturated rings. The Bertz CT molecular complexity index is 1270. The Hall–Kier alpha value is -3.58. The van der Waals surface area contributed by atoms with E-state index in [0.29, 0.717) is 18.8 Å². The summed E-state index contributed by atoms with van der Waals surface area (Å²) < 4.78 is 31.7. The molecule has 0 aliphatic carbocycles. The Labute approximate surface area is 226 Å². The fourth-order valence-electron chi connectivity index (χ4n) is 4.74. The Kier molecular flexibility index (Phi) is 8.80. The number of hydrogen-bond acceptors (Lipinski definition) is 7. The number of rotatable bonds is 4. The third-order valence-electron chi connectivity index (χ3n) is 6.93. The highest BCUT2D eigenvalue weighted by Gasteiger charge is 2.43. The Morgan fingerprint density at radius 2 is 1.97 bits per heavy atom. The number of thiazole rings is 1. The lowest BCUT2D eigenvalue weighted by Crippen LogP contribution is -2.48. The maximum atomic E-state index is 12.7. The van der Waals surface area contributed by atoms with Crippen LogP contribution in [0.15, 0.2) is 41.6 Å². The van der Waals surface area contributed by atoms with Gasteiger partial charge in [0, 0.05) is 43.4 Å². The largest absolute Gasteiger partial charge is 0.490 e. The van der Waals surface area contributed by atoms with Crippen molar-refractivity contribution in [3.63, 3.8) is 0 Å². The SMILES string of the molecule is O=C(C=Cc1cnc2c(c1)CC1(CCNCC1)C(=O)N2)N1CC=C(Cc2nccs2)CC1.O=C(O)C(F)(F)F. The molecular formula is C26H28F3N5O4S. The van der Waals surface area contributed by atoms with Gasteiger partial charge in [0.1, 0.15) is 5.82 Å². The maximum Gasteiger partial charge on any atom is 0.490 e. The number of carboxylic acid groups (broad SMARTS) is 1. The number of hydrogen-bond donors (Lipinski definition) is 3. The molecular weight excluding hydrogens is 535 g/mol. The summed E-state index contributed by atoms with van der Waals surface area (Å²) in [5.41, 5.74) is 2.94. The molecule has 3 N–H and O–H groups in total. The van der Waals surface area contributed by atoms with Crippen LogP contribution in [0, 0.1) is 5.41 Å². The van der Waals surface area contributed by atoms with E-state index in [4.69, 9.17) is 9.90 Å². The highest BCUT2D eigenvalue weighted by molar-refractivity contribution is 7.09. The van der Waals surface area contributed by atoms with Crippen LogP contribution in [0.4, 0.5) is 19.0 Å². The van der Waals surface area contributed by atoms with Crippen molar-refractivity contribution < 1.29 is 32.7 Å². The topological polar surface area (TPSA) is 125 Å². The Morgan fingerprint density at radius 1 is 1.23 bits per heavy atom. The first-order chi connectivity index (χ1) is 18.6. The molecule has 3 aliphatic rings. The number of pyridine rings is 1. The highest BCUT2D eigenvalue weighted by Crippen LogP contribution is 2.39. The van der Waals surface area contributed by atoms with Crippen LogP contribution in [-0.2, 0) is 27.2 Å². The second-order valence-corrected chi connectivity index (χ2v) is 10.6. The van der Waals surface area contributed by atoms with E-state index in [1.807, 2.05) is 22.6 Å². The van der Waals surface area contributed by atoms with Crippen LogP contribution in [0.3, 0.4) is 0 Å². The average molecular weight is 564 g/mol. The number of halogens is 3. The number of fused-ring (bicyclic) bond motifs is 1. The van der Waals surface area contributed by atoms with Gasteiger partial charge in [0.05, 0.1) is 10.4 Å². The first kappa shape index (κ1) is 28.4. The Morgan fingerprint density at radius 3 is 2.59 bits per heavy atom. The van der Waals surface area contributed by atoms with Gasteiger partial charge in [0.2, 0.25) is 11.8 Å². The molecule has 2 aromatic heterocycles. The standard InChI is InChI=1S/C24H27N5O2S.C2HF3O2/c30-21(29-10-3-17(4-11-29)14-20-26-9-12-32-20)2-1-18-13-19-15-24(5-7-25-8-6-24)23(31)28-22(19)27-16-18;3-2(4,5)1(6)7/h1-3,9,12-13,16,25H,4-8,10-11,14-15H2,(H,27,28,31);(H,6,7). The molecule has 0 unspecified atom stereocenters. The molecule has 3 aliphatic heterocycles. The number of carboxylic acids is 1. The van der Waals surface area contributed by atoms with Gasteiger partial charge in [-0.25, -0.2) is 14.8 Å². The second kappa shape index (κ2) is 12.1. The number of carbonyl (C=O) groups excluding carboxylic acids is 2. The fraction of sp³-hybridized carbons (Fsp3) is 0.423. The van der Waals surface area contributed by atoms with Crippen LogP contribution in [0.1, 0.15) is 35.4 Å². The molecule has 0 atom stereocenters. The van der Waals surface area contributed by atoms with E-state index in [2.05, 4.69) is 32.7 Å². The van der Waals surface area contributed by atoms with Crippen LogP contribution < -0.4 is 10.6 Å². The van der Waals surface area contributed by atoms with Gasteiger partial charge in [-0.1, -0.05) is 11.6 Å². The van der Waals surface area contributed by atoms with Crippen molar-refractivity contribution in [3.8, 4) is 0 Å². The van der Waals surface area contributed by atoms with Gasteiger partial charge in [-0.05, 0) is 62.0 Å². The van der Waals surface area contributed by atoms with Crippen molar-refractivity contribution in [1.82, 2.24) is 20.2 Å². The molecule has 2 aromatic rings. The third kappa shape index (κ3) is 7.30. The van der Waals surface area contributed by atoms with Crippen molar-refractivity contribution in [3.05, 3.63) is 57.7 Å². The monoisotopic (exact) mass is 563 g/mol. The molecule has 39 heavy (non-hydrogen) atoms. The number of carbonyl (C=O) groups is 3. The average Bonchev–Trinajstić information content (AvgIpc) is 3.42. The zero-order valence-electron chi connectivity index (χ0n) is 21.0. The van der Waals surface area contributed by atoms with Crippen LogP contribution in [0.25, 0.3) is 6.08 Å². The van der Waals surface area contributed by atoms with Crippen LogP contribution in [0.2, 0.25) is 0 Å². The number of alkyl halides is 3. The normalized spacial score (nSPS) is 18.6. The molecule has 1 saturated heterocycles. The molecule has 0 aromatic carbocycles. The number of amides is 2. The molecule has 5 rings (SSSR count). The number of anilines is 1. The quantitative estimate of drug-likeness (QED) is 0.385. The smallest absolute Gasteiger partial charge is 0.475 e. The van der Waals surface area contributed by atoms with E-state index in [1.165, 1.54) is 5.57 Å². The summed E-state index contributed by atoms with van der Waals surface area (Å²) in [6.07, 6.45) is 8.22. The third-order valence-corrected chi connectivity index (χ3v) is 7.71. The summed E-state index contributed by atoms with van der Waals surface area (Å²) >= 11 is 1.67. The summed E-state index contributed by atoms with van der Waals surface area (Å²) in [6.45, 7) is 3.08. The summed E-state index contributed by atoms with van der Waals surface area (Å²) in [5.74, 6) is -2.01. The summed E-state index contributed by atoms with van der Waals surface area (Å²) in [5, 5.41) is 16.6. The van der Waals surface area contributed by atoms with Gasteiger partial charge in [-0.3, -0.25) is 9.59 Å². The minimum Gasteiger partial charge on any atom is -0.475 e. The lowest BCUT2D eigenvalue weighted by molar-refractivity contribution is -0.192. The molecule has 5 heterocycles. The number of nitrogens with one attached hydrogen (secondary N) is 2. The van der Waals surface area contributed by atoms with E-state index in [-0.39, 0.29) is 17.2 Å². The number of aromatic nitrogens is 2. The summed E-state index contributed by atoms with van der Waals surface area (Å²) in [4.78, 5) is 44.9. The summed E-state index contributed by atoms with van der Waals surface area (Å²) in [7, 11) is 0. The first-order valence-corrected chi connectivity index (χ1v) is 13.3. The Balaban J connectivity index is 0.000000448. The lowest BCUT2D eigenvalue weighted by Gasteiger charge is -2.39.